The molecule has 13 heteroatoms. The number of ether oxygens (including phenoxy) is 3. The zero-order valence-corrected chi connectivity index (χ0v) is 29.1. The zero-order chi connectivity index (χ0) is 34.1. The number of benzene rings is 3. The molecule has 5 rings (SSSR count). The molecule has 3 aromatic carbocycles. The van der Waals surface area contributed by atoms with Crippen LogP contribution in [0.25, 0.3) is 0 Å². The number of halogens is 1. The molecule has 2 heterocycles. The van der Waals surface area contributed by atoms with Gasteiger partial charge in [-0.05, 0) is 80.1 Å². The van der Waals surface area contributed by atoms with Gasteiger partial charge in [-0.1, -0.05) is 17.7 Å². The molecule has 252 valence electrons. The number of rotatable bonds is 12. The van der Waals surface area contributed by atoms with Crippen LogP contribution < -0.4 is 13.8 Å². The maximum absolute atomic E-state index is 15.4. The van der Waals surface area contributed by atoms with E-state index in [1.54, 1.807) is 45.5 Å². The number of likely N-dealkylation sites (N-methyl/N-ethyl adjacent to an activating group) is 2. The SMILES string of the molecule is COCCN(C)Cc1ccc(OC)c(C2(N3CCC[C@H]3C(=O)N(C)C)C(=O)N(S(=O)(=O)c3ccc(OC)cc3)c3ccc(Cl)cc32)c1. The molecular formula is C34H41ClN4O7S. The van der Waals surface area contributed by atoms with E-state index in [-0.39, 0.29) is 16.5 Å². The Morgan fingerprint density at radius 3 is 2.34 bits per heavy atom. The summed E-state index contributed by atoms with van der Waals surface area (Å²) < 4.78 is 46.3. The van der Waals surface area contributed by atoms with Crippen LogP contribution in [0.5, 0.6) is 11.5 Å². The smallest absolute Gasteiger partial charge is 0.271 e. The minimum Gasteiger partial charge on any atom is -0.497 e. The predicted octanol–water partition coefficient (Wildman–Crippen LogP) is 3.97. The Hall–Kier alpha value is -3.68. The molecule has 0 aromatic heterocycles. The van der Waals surface area contributed by atoms with Gasteiger partial charge >= 0.3 is 0 Å². The molecule has 2 aliphatic rings. The van der Waals surface area contributed by atoms with Crippen LogP contribution in [-0.2, 0) is 36.4 Å². The summed E-state index contributed by atoms with van der Waals surface area (Å²) in [6.07, 6.45) is 1.09. The molecular weight excluding hydrogens is 644 g/mol. The van der Waals surface area contributed by atoms with Gasteiger partial charge in [-0.15, -0.1) is 0 Å². The van der Waals surface area contributed by atoms with Gasteiger partial charge in [-0.25, -0.2) is 12.7 Å². The highest BCUT2D eigenvalue weighted by Gasteiger charge is 2.63. The van der Waals surface area contributed by atoms with Crippen LogP contribution in [0.2, 0.25) is 5.02 Å². The Labute approximate surface area is 281 Å². The molecule has 11 nitrogen and oxygen atoms in total. The fourth-order valence-electron chi connectivity index (χ4n) is 6.63. The monoisotopic (exact) mass is 684 g/mol. The van der Waals surface area contributed by atoms with Crippen molar-refractivity contribution in [2.75, 3.05) is 66.5 Å². The van der Waals surface area contributed by atoms with Crippen molar-refractivity contribution in [3.8, 4) is 11.5 Å². The standard InChI is InChI=1S/C34H41ClN4O7S/c1-36(2)32(40)30-8-7-17-38(30)34(28-20-23(9-16-31(28)46-6)22-37(3)18-19-44-4)27-21-24(35)10-15-29(27)39(33(34)41)47(42,43)26-13-11-25(45-5)12-14-26/h9-16,20-21,30H,7-8,17-19,22H2,1-6H3/t30-,34?/m0/s1. The molecule has 0 bridgehead atoms. The minimum absolute atomic E-state index is 0.0915. The summed E-state index contributed by atoms with van der Waals surface area (Å²) in [5.41, 5.74) is 0.0221. The van der Waals surface area contributed by atoms with E-state index in [1.807, 2.05) is 24.1 Å². The molecule has 1 saturated heterocycles. The van der Waals surface area contributed by atoms with Crippen molar-refractivity contribution >= 4 is 39.1 Å². The molecule has 0 radical (unpaired) electrons. The highest BCUT2D eigenvalue weighted by Crippen LogP contribution is 2.55. The van der Waals surface area contributed by atoms with E-state index in [2.05, 4.69) is 4.90 Å². The van der Waals surface area contributed by atoms with Crippen molar-refractivity contribution in [2.24, 2.45) is 0 Å². The van der Waals surface area contributed by atoms with Gasteiger partial charge in [0.25, 0.3) is 15.9 Å². The fraction of sp³-hybridized carbons (Fsp3) is 0.412. The molecule has 0 saturated carbocycles. The maximum Gasteiger partial charge on any atom is 0.271 e. The van der Waals surface area contributed by atoms with Gasteiger partial charge in [-0.2, -0.15) is 0 Å². The Balaban J connectivity index is 1.81. The summed E-state index contributed by atoms with van der Waals surface area (Å²) in [4.78, 5) is 34.5. The van der Waals surface area contributed by atoms with Gasteiger partial charge in [0.05, 0.1) is 37.5 Å². The lowest BCUT2D eigenvalue weighted by Crippen LogP contribution is -2.59. The quantitative estimate of drug-likeness (QED) is 0.280. The number of sulfonamides is 1. The number of hydrogen-bond donors (Lipinski definition) is 0. The van der Waals surface area contributed by atoms with Crippen molar-refractivity contribution in [3.05, 3.63) is 82.4 Å². The molecule has 0 spiro atoms. The van der Waals surface area contributed by atoms with E-state index in [0.717, 1.165) is 9.87 Å². The first-order valence-corrected chi connectivity index (χ1v) is 17.1. The average Bonchev–Trinajstić information content (AvgIpc) is 3.64. The maximum atomic E-state index is 15.4. The third kappa shape index (κ3) is 6.09. The number of methoxy groups -OCH3 is 3. The van der Waals surface area contributed by atoms with Crippen molar-refractivity contribution in [2.45, 2.75) is 35.9 Å². The van der Waals surface area contributed by atoms with Gasteiger partial charge < -0.3 is 19.1 Å². The van der Waals surface area contributed by atoms with Gasteiger partial charge in [0.1, 0.15) is 11.5 Å². The van der Waals surface area contributed by atoms with Crippen LogP contribution in [0.15, 0.2) is 65.6 Å². The topological polar surface area (TPSA) is 109 Å². The summed E-state index contributed by atoms with van der Waals surface area (Å²) in [5.74, 6) is -0.0899. The minimum atomic E-state index is -4.46. The normalized spacial score (nSPS) is 19.7. The molecule has 3 aromatic rings. The van der Waals surface area contributed by atoms with E-state index in [1.165, 1.54) is 43.4 Å². The molecule has 2 amide bonds. The van der Waals surface area contributed by atoms with Crippen LogP contribution in [-0.4, -0.2) is 103 Å². The fourth-order valence-corrected chi connectivity index (χ4v) is 8.26. The molecule has 0 aliphatic carbocycles. The Kier molecular flexibility index (Phi) is 10.2. The van der Waals surface area contributed by atoms with Crippen LogP contribution in [0, 0.1) is 0 Å². The number of carbonyl (C=O) groups excluding carboxylic acids is 2. The van der Waals surface area contributed by atoms with E-state index in [4.69, 9.17) is 25.8 Å². The van der Waals surface area contributed by atoms with Gasteiger partial charge in [-0.3, -0.25) is 19.4 Å². The van der Waals surface area contributed by atoms with E-state index < -0.39 is 27.5 Å². The predicted molar refractivity (Wildman–Crippen MR) is 180 cm³/mol. The third-order valence-electron chi connectivity index (χ3n) is 8.85. The van der Waals surface area contributed by atoms with Crippen LogP contribution >= 0.6 is 11.6 Å². The van der Waals surface area contributed by atoms with Crippen molar-refractivity contribution in [3.63, 3.8) is 0 Å². The number of fused-ring (bicyclic) bond motifs is 1. The third-order valence-corrected chi connectivity index (χ3v) is 10.8. The summed E-state index contributed by atoms with van der Waals surface area (Å²) in [7, 11) is 5.48. The molecule has 0 N–H and O–H groups in total. The first-order valence-electron chi connectivity index (χ1n) is 15.3. The number of carbonyl (C=O) groups is 2. The van der Waals surface area contributed by atoms with E-state index >= 15 is 4.79 Å². The molecule has 2 atom stereocenters. The van der Waals surface area contributed by atoms with Crippen LogP contribution in [0.4, 0.5) is 5.69 Å². The first-order chi connectivity index (χ1) is 22.4. The Morgan fingerprint density at radius 2 is 1.70 bits per heavy atom. The van der Waals surface area contributed by atoms with E-state index in [0.29, 0.717) is 66.7 Å². The van der Waals surface area contributed by atoms with Crippen molar-refractivity contribution in [1.29, 1.82) is 0 Å². The highest BCUT2D eigenvalue weighted by molar-refractivity contribution is 7.93. The largest absolute Gasteiger partial charge is 0.497 e. The molecule has 2 aliphatic heterocycles. The van der Waals surface area contributed by atoms with Crippen LogP contribution in [0.1, 0.15) is 29.5 Å². The lowest BCUT2D eigenvalue weighted by Gasteiger charge is -2.42. The molecule has 1 unspecified atom stereocenters. The average molecular weight is 685 g/mol. The lowest BCUT2D eigenvalue weighted by molar-refractivity contribution is -0.138. The van der Waals surface area contributed by atoms with Crippen molar-refractivity contribution in [1.82, 2.24) is 14.7 Å². The number of anilines is 1. The molecule has 47 heavy (non-hydrogen) atoms. The summed E-state index contributed by atoms with van der Waals surface area (Å²) >= 11 is 6.64. The first kappa shape index (κ1) is 34.6. The van der Waals surface area contributed by atoms with Gasteiger partial charge in [0.15, 0.2) is 5.54 Å². The van der Waals surface area contributed by atoms with Gasteiger partial charge in [0, 0.05) is 57.0 Å². The van der Waals surface area contributed by atoms with Gasteiger partial charge in [0.2, 0.25) is 5.91 Å². The number of amides is 2. The Morgan fingerprint density at radius 1 is 0.979 bits per heavy atom. The zero-order valence-electron chi connectivity index (χ0n) is 27.5. The second-order valence-electron chi connectivity index (χ2n) is 12.0. The summed E-state index contributed by atoms with van der Waals surface area (Å²) in [6.45, 7) is 2.06. The Bertz CT molecular complexity index is 1750. The number of nitrogens with zero attached hydrogens (tertiary/aromatic N) is 4. The number of hydrogen-bond acceptors (Lipinski definition) is 9. The van der Waals surface area contributed by atoms with E-state index in [9.17, 15) is 13.2 Å². The second kappa shape index (κ2) is 13.8. The second-order valence-corrected chi connectivity index (χ2v) is 14.2. The summed E-state index contributed by atoms with van der Waals surface area (Å²) in [6, 6.07) is 15.5. The van der Waals surface area contributed by atoms with Crippen molar-refractivity contribution < 1.29 is 32.2 Å². The number of likely N-dealkylation sites (tertiary alicyclic amines) is 1. The lowest BCUT2D eigenvalue weighted by atomic mass is 9.80. The summed E-state index contributed by atoms with van der Waals surface area (Å²) in [5, 5.41) is 0.314. The van der Waals surface area contributed by atoms with Crippen LogP contribution in [0.3, 0.4) is 0 Å². The molecule has 1 fully saturated rings. The highest BCUT2D eigenvalue weighted by atomic mass is 35.5.